The van der Waals surface area contributed by atoms with Crippen molar-refractivity contribution in [2.75, 3.05) is 12.4 Å². The minimum Gasteiger partial charge on any atom is -0.497 e. The number of benzene rings is 2. The number of nitrogens with two attached hydrogens (primary N) is 1. The molecule has 7 heteroatoms. The van der Waals surface area contributed by atoms with Crippen molar-refractivity contribution < 1.29 is 9.53 Å². The van der Waals surface area contributed by atoms with Gasteiger partial charge in [0.05, 0.1) is 24.5 Å². The smallest absolute Gasteiger partial charge is 0.245 e. The topological polar surface area (TPSA) is 109 Å². The first kappa shape index (κ1) is 16.9. The predicted molar refractivity (Wildman–Crippen MR) is 104 cm³/mol. The third-order valence-corrected chi connectivity index (χ3v) is 4.54. The molecule has 4 aromatic rings. The van der Waals surface area contributed by atoms with Crippen LogP contribution in [0.3, 0.4) is 0 Å². The Morgan fingerprint density at radius 3 is 2.70 bits per heavy atom. The lowest BCUT2D eigenvalue weighted by molar-refractivity contribution is -0.117. The highest BCUT2D eigenvalue weighted by Gasteiger charge is 2.18. The van der Waals surface area contributed by atoms with E-state index in [1.165, 1.54) is 0 Å². The lowest BCUT2D eigenvalue weighted by Gasteiger charge is -2.14. The summed E-state index contributed by atoms with van der Waals surface area (Å²) in [4.78, 5) is 15.9. The van der Waals surface area contributed by atoms with Gasteiger partial charge < -0.3 is 20.8 Å². The van der Waals surface area contributed by atoms with Gasteiger partial charge >= 0.3 is 0 Å². The summed E-state index contributed by atoms with van der Waals surface area (Å²) < 4.78 is 5.13. The summed E-state index contributed by atoms with van der Waals surface area (Å²) >= 11 is 0. The number of rotatable bonds is 5. The summed E-state index contributed by atoms with van der Waals surface area (Å²) in [5.74, 6) is 0.432. The molecule has 136 valence electrons. The highest BCUT2D eigenvalue weighted by atomic mass is 16.5. The number of aromatic nitrogens is 3. The van der Waals surface area contributed by atoms with Crippen molar-refractivity contribution in [1.82, 2.24) is 15.2 Å². The number of para-hydroxylation sites is 1. The van der Waals surface area contributed by atoms with Gasteiger partial charge in [-0.25, -0.2) is 0 Å². The Labute approximate surface area is 155 Å². The Morgan fingerprint density at radius 1 is 1.19 bits per heavy atom. The van der Waals surface area contributed by atoms with Gasteiger partial charge in [-0.1, -0.05) is 24.3 Å². The average molecular weight is 361 g/mol. The van der Waals surface area contributed by atoms with E-state index in [4.69, 9.17) is 10.5 Å². The fraction of sp³-hybridized carbons (Fsp3) is 0.100. The highest BCUT2D eigenvalue weighted by molar-refractivity contribution is 6.06. The molecule has 0 aliphatic heterocycles. The number of ether oxygens (including phenoxy) is 1. The molecule has 2 aromatic carbocycles. The molecule has 0 saturated heterocycles. The van der Waals surface area contributed by atoms with Gasteiger partial charge in [0.1, 0.15) is 11.8 Å². The number of aromatic amines is 2. The molecule has 0 radical (unpaired) electrons. The summed E-state index contributed by atoms with van der Waals surface area (Å²) in [6.45, 7) is 0. The standard InChI is InChI=1S/C20H19N5O2/c1-27-14-7-5-12(6-8-14)18(21)20(26)25-17-4-2-3-15-16(11-22-19(15)17)13-9-23-24-10-13/h2-11,18,22H,21H2,1H3,(H,23,24)(H,25,26). The van der Waals surface area contributed by atoms with E-state index in [-0.39, 0.29) is 5.91 Å². The van der Waals surface area contributed by atoms with Crippen LogP contribution < -0.4 is 15.8 Å². The lowest BCUT2D eigenvalue weighted by Crippen LogP contribution is -2.27. The molecule has 1 amide bonds. The number of nitrogens with zero attached hydrogens (tertiary/aromatic N) is 1. The first-order valence-electron chi connectivity index (χ1n) is 8.47. The van der Waals surface area contributed by atoms with E-state index < -0.39 is 6.04 Å². The Kier molecular flexibility index (Phi) is 4.35. The van der Waals surface area contributed by atoms with Crippen LogP contribution in [0.2, 0.25) is 0 Å². The fourth-order valence-electron chi connectivity index (χ4n) is 3.07. The van der Waals surface area contributed by atoms with Crippen molar-refractivity contribution in [3.63, 3.8) is 0 Å². The van der Waals surface area contributed by atoms with Gasteiger partial charge in [0.15, 0.2) is 0 Å². The van der Waals surface area contributed by atoms with Crippen LogP contribution in [-0.4, -0.2) is 28.2 Å². The number of H-pyrrole nitrogens is 2. The van der Waals surface area contributed by atoms with Crippen molar-refractivity contribution in [1.29, 1.82) is 0 Å². The molecule has 0 spiro atoms. The van der Waals surface area contributed by atoms with E-state index in [0.717, 1.165) is 22.0 Å². The Hall–Kier alpha value is -3.58. The maximum absolute atomic E-state index is 12.7. The Balaban J connectivity index is 1.60. The van der Waals surface area contributed by atoms with E-state index >= 15 is 0 Å². The van der Waals surface area contributed by atoms with Gasteiger partial charge in [0.25, 0.3) is 0 Å². The van der Waals surface area contributed by atoms with E-state index in [1.807, 2.05) is 30.6 Å². The maximum atomic E-state index is 12.7. The number of fused-ring (bicyclic) bond motifs is 1. The lowest BCUT2D eigenvalue weighted by atomic mass is 10.1. The molecular formula is C20H19N5O2. The van der Waals surface area contributed by atoms with E-state index in [2.05, 4.69) is 20.5 Å². The van der Waals surface area contributed by atoms with Crippen LogP contribution in [0.25, 0.3) is 22.0 Å². The zero-order chi connectivity index (χ0) is 18.8. The molecule has 2 aromatic heterocycles. The highest BCUT2D eigenvalue weighted by Crippen LogP contribution is 2.32. The molecular weight excluding hydrogens is 342 g/mol. The van der Waals surface area contributed by atoms with Crippen LogP contribution in [-0.2, 0) is 4.79 Å². The normalized spacial score (nSPS) is 12.1. The van der Waals surface area contributed by atoms with Gasteiger partial charge in [-0.05, 0) is 23.8 Å². The Morgan fingerprint density at radius 2 is 2.00 bits per heavy atom. The summed E-state index contributed by atoms with van der Waals surface area (Å²) in [6.07, 6.45) is 5.48. The van der Waals surface area contributed by atoms with Crippen molar-refractivity contribution >= 4 is 22.5 Å². The third-order valence-electron chi connectivity index (χ3n) is 4.54. The van der Waals surface area contributed by atoms with E-state index in [1.54, 1.807) is 37.6 Å². The number of carbonyl (C=O) groups is 1. The molecule has 0 bridgehead atoms. The fourth-order valence-corrected chi connectivity index (χ4v) is 3.07. The number of nitrogens with one attached hydrogen (secondary N) is 3. The van der Waals surface area contributed by atoms with Gasteiger partial charge in [-0.3, -0.25) is 9.89 Å². The SMILES string of the molecule is COc1ccc(C(N)C(=O)Nc2cccc3c(-c4cn[nH]c4)c[nH]c23)cc1. The first-order chi connectivity index (χ1) is 13.2. The summed E-state index contributed by atoms with van der Waals surface area (Å²) in [7, 11) is 1.59. The molecule has 0 saturated carbocycles. The van der Waals surface area contributed by atoms with Crippen LogP contribution in [0.5, 0.6) is 5.75 Å². The summed E-state index contributed by atoms with van der Waals surface area (Å²) in [6, 6.07) is 12.1. The maximum Gasteiger partial charge on any atom is 0.245 e. The number of methoxy groups -OCH3 is 1. The molecule has 2 heterocycles. The minimum atomic E-state index is -0.783. The molecule has 1 unspecified atom stereocenters. The van der Waals surface area contributed by atoms with Gasteiger partial charge in [0.2, 0.25) is 5.91 Å². The van der Waals surface area contributed by atoms with Crippen LogP contribution in [0.15, 0.2) is 61.1 Å². The summed E-state index contributed by atoms with van der Waals surface area (Å²) in [5.41, 5.74) is 10.3. The number of hydrogen-bond donors (Lipinski definition) is 4. The van der Waals surface area contributed by atoms with Crippen molar-refractivity contribution in [2.45, 2.75) is 6.04 Å². The second kappa shape index (κ2) is 6.97. The Bertz CT molecular complexity index is 1070. The van der Waals surface area contributed by atoms with Gasteiger partial charge in [0, 0.05) is 28.9 Å². The van der Waals surface area contributed by atoms with Crippen molar-refractivity contribution in [2.24, 2.45) is 5.73 Å². The van der Waals surface area contributed by atoms with Crippen molar-refractivity contribution in [3.05, 3.63) is 66.6 Å². The second-order valence-corrected chi connectivity index (χ2v) is 6.16. The van der Waals surface area contributed by atoms with E-state index in [9.17, 15) is 4.79 Å². The van der Waals surface area contributed by atoms with Gasteiger partial charge in [-0.15, -0.1) is 0 Å². The second-order valence-electron chi connectivity index (χ2n) is 6.16. The van der Waals surface area contributed by atoms with Gasteiger partial charge in [-0.2, -0.15) is 5.10 Å². The number of anilines is 1. The molecule has 0 fully saturated rings. The quantitative estimate of drug-likeness (QED) is 0.438. The number of amides is 1. The van der Waals surface area contributed by atoms with Crippen molar-refractivity contribution in [3.8, 4) is 16.9 Å². The summed E-state index contributed by atoms with van der Waals surface area (Å²) in [5, 5.41) is 10.7. The third kappa shape index (κ3) is 3.16. The van der Waals surface area contributed by atoms with Crippen LogP contribution in [0.4, 0.5) is 5.69 Å². The largest absolute Gasteiger partial charge is 0.497 e. The van der Waals surface area contributed by atoms with Crippen LogP contribution >= 0.6 is 0 Å². The number of carbonyl (C=O) groups excluding carboxylic acids is 1. The zero-order valence-corrected chi connectivity index (χ0v) is 14.7. The molecule has 0 aliphatic rings. The average Bonchev–Trinajstić information content (AvgIpc) is 3.37. The van der Waals surface area contributed by atoms with Crippen LogP contribution in [0.1, 0.15) is 11.6 Å². The zero-order valence-electron chi connectivity index (χ0n) is 14.7. The van der Waals surface area contributed by atoms with Crippen LogP contribution in [0, 0.1) is 0 Å². The monoisotopic (exact) mass is 361 g/mol. The molecule has 7 nitrogen and oxygen atoms in total. The van der Waals surface area contributed by atoms with E-state index in [0.29, 0.717) is 17.0 Å². The number of hydrogen-bond acceptors (Lipinski definition) is 4. The first-order valence-corrected chi connectivity index (χ1v) is 8.47. The molecule has 27 heavy (non-hydrogen) atoms. The molecule has 1 atom stereocenters. The molecule has 4 rings (SSSR count). The minimum absolute atomic E-state index is 0.285. The molecule has 0 aliphatic carbocycles. The molecule has 5 N–H and O–H groups in total. The predicted octanol–water partition coefficient (Wildman–Crippen LogP) is 3.21.